The Balaban J connectivity index is 1.96. The summed E-state index contributed by atoms with van der Waals surface area (Å²) in [5, 5.41) is 2.93. The van der Waals surface area contributed by atoms with Crippen LogP contribution in [-0.4, -0.2) is 38.9 Å². The maximum Gasteiger partial charge on any atom is 0.251 e. The number of benzene rings is 1. The lowest BCUT2D eigenvalue weighted by molar-refractivity contribution is 0.0857. The minimum Gasteiger partial charge on any atom is -0.496 e. The van der Waals surface area contributed by atoms with Crippen LogP contribution in [-0.2, 0) is 16.1 Å². The third-order valence-electron chi connectivity index (χ3n) is 3.66. The number of hydrogen-bond donors (Lipinski definition) is 1. The van der Waals surface area contributed by atoms with Crippen LogP contribution in [0.3, 0.4) is 0 Å². The summed E-state index contributed by atoms with van der Waals surface area (Å²) in [7, 11) is 1.62. The molecule has 0 bridgehead atoms. The number of hydrogen-bond acceptors (Lipinski definition) is 4. The van der Waals surface area contributed by atoms with Crippen LogP contribution in [0.15, 0.2) is 18.2 Å². The summed E-state index contributed by atoms with van der Waals surface area (Å²) < 4.78 is 16.4. The number of carbonyl (C=O) groups is 1. The Morgan fingerprint density at radius 3 is 3.00 bits per heavy atom. The first kappa shape index (κ1) is 16.8. The van der Waals surface area contributed by atoms with E-state index in [1.807, 2.05) is 12.1 Å². The van der Waals surface area contributed by atoms with Gasteiger partial charge in [-0.15, -0.1) is 0 Å². The maximum atomic E-state index is 12.2. The molecule has 2 rings (SSSR count). The van der Waals surface area contributed by atoms with Crippen LogP contribution in [0.25, 0.3) is 0 Å². The molecule has 0 aromatic heterocycles. The molecule has 1 fully saturated rings. The molecule has 1 atom stereocenters. The summed E-state index contributed by atoms with van der Waals surface area (Å²) in [6.07, 6.45) is 3.19. The van der Waals surface area contributed by atoms with E-state index in [0.717, 1.165) is 37.2 Å². The zero-order valence-electron chi connectivity index (χ0n) is 13.4. The second kappa shape index (κ2) is 8.76. The van der Waals surface area contributed by atoms with Gasteiger partial charge in [0.25, 0.3) is 5.91 Å². The Morgan fingerprint density at radius 2 is 2.32 bits per heavy atom. The van der Waals surface area contributed by atoms with Crippen LogP contribution < -0.4 is 10.1 Å². The quantitative estimate of drug-likeness (QED) is 0.750. The molecule has 1 saturated heterocycles. The van der Waals surface area contributed by atoms with Gasteiger partial charge in [-0.3, -0.25) is 4.79 Å². The fraction of sp³-hybridized carbons (Fsp3) is 0.588. The third-order valence-corrected chi connectivity index (χ3v) is 3.66. The van der Waals surface area contributed by atoms with Gasteiger partial charge in [0.15, 0.2) is 0 Å². The first-order valence-electron chi connectivity index (χ1n) is 7.89. The van der Waals surface area contributed by atoms with Gasteiger partial charge in [0.1, 0.15) is 5.75 Å². The molecule has 22 heavy (non-hydrogen) atoms. The second-order valence-electron chi connectivity index (χ2n) is 5.42. The van der Waals surface area contributed by atoms with E-state index in [4.69, 9.17) is 14.2 Å². The van der Waals surface area contributed by atoms with Crippen molar-refractivity contribution in [3.63, 3.8) is 0 Å². The molecule has 1 heterocycles. The van der Waals surface area contributed by atoms with Crippen molar-refractivity contribution >= 4 is 5.91 Å². The molecule has 1 aromatic carbocycles. The van der Waals surface area contributed by atoms with E-state index < -0.39 is 0 Å². The monoisotopic (exact) mass is 307 g/mol. The summed E-state index contributed by atoms with van der Waals surface area (Å²) >= 11 is 0. The summed E-state index contributed by atoms with van der Waals surface area (Å²) in [6, 6.07) is 5.41. The van der Waals surface area contributed by atoms with Crippen LogP contribution in [0.4, 0.5) is 0 Å². The van der Waals surface area contributed by atoms with Crippen LogP contribution in [0.2, 0.25) is 0 Å². The van der Waals surface area contributed by atoms with Gasteiger partial charge < -0.3 is 19.5 Å². The molecule has 0 spiro atoms. The van der Waals surface area contributed by atoms with Gasteiger partial charge in [-0.1, -0.05) is 6.92 Å². The minimum atomic E-state index is -0.0881. The van der Waals surface area contributed by atoms with E-state index in [1.54, 1.807) is 13.2 Å². The van der Waals surface area contributed by atoms with Crippen molar-refractivity contribution < 1.29 is 19.0 Å². The molecule has 0 saturated carbocycles. The van der Waals surface area contributed by atoms with E-state index >= 15 is 0 Å². The Labute approximate surface area is 131 Å². The molecule has 0 unspecified atom stereocenters. The molecule has 1 amide bonds. The summed E-state index contributed by atoms with van der Waals surface area (Å²) in [4.78, 5) is 12.2. The van der Waals surface area contributed by atoms with E-state index in [-0.39, 0.29) is 12.0 Å². The minimum absolute atomic E-state index is 0.0881. The average molecular weight is 307 g/mol. The lowest BCUT2D eigenvalue weighted by Gasteiger charge is -2.13. The van der Waals surface area contributed by atoms with E-state index in [9.17, 15) is 4.79 Å². The van der Waals surface area contributed by atoms with Gasteiger partial charge in [-0.05, 0) is 37.5 Å². The molecule has 1 N–H and O–H groups in total. The molecule has 0 radical (unpaired) electrons. The number of amides is 1. The Morgan fingerprint density at radius 1 is 1.45 bits per heavy atom. The molecular formula is C17H25NO4. The number of rotatable bonds is 8. The van der Waals surface area contributed by atoms with E-state index in [2.05, 4.69) is 12.2 Å². The second-order valence-corrected chi connectivity index (χ2v) is 5.42. The summed E-state index contributed by atoms with van der Waals surface area (Å²) in [5.41, 5.74) is 1.51. The van der Waals surface area contributed by atoms with Gasteiger partial charge in [0.2, 0.25) is 0 Å². The van der Waals surface area contributed by atoms with Crippen LogP contribution in [0.1, 0.15) is 42.1 Å². The van der Waals surface area contributed by atoms with Crippen molar-refractivity contribution in [3.8, 4) is 5.75 Å². The lowest BCUT2D eigenvalue weighted by Crippen LogP contribution is -2.31. The van der Waals surface area contributed by atoms with Crippen molar-refractivity contribution in [1.29, 1.82) is 0 Å². The lowest BCUT2D eigenvalue weighted by atomic mass is 10.1. The highest BCUT2D eigenvalue weighted by Crippen LogP contribution is 2.21. The van der Waals surface area contributed by atoms with Gasteiger partial charge >= 0.3 is 0 Å². The average Bonchev–Trinajstić information content (AvgIpc) is 3.06. The molecule has 122 valence electrons. The standard InChI is InChI=1S/C17H25NO4/c1-3-8-21-12-14-10-13(6-7-16(14)20-2)17(19)18-11-15-5-4-9-22-15/h6-7,10,15H,3-5,8-9,11-12H2,1-2H3,(H,18,19)/t15-/m0/s1. The molecule has 1 aliphatic rings. The summed E-state index contributed by atoms with van der Waals surface area (Å²) in [5.74, 6) is 0.654. The number of methoxy groups -OCH3 is 1. The van der Waals surface area contributed by atoms with Crippen molar-refractivity contribution in [1.82, 2.24) is 5.32 Å². The zero-order chi connectivity index (χ0) is 15.8. The van der Waals surface area contributed by atoms with Crippen molar-refractivity contribution in [2.24, 2.45) is 0 Å². The van der Waals surface area contributed by atoms with Gasteiger partial charge in [0.05, 0.1) is 19.8 Å². The first-order valence-corrected chi connectivity index (χ1v) is 7.89. The third kappa shape index (κ3) is 4.71. The largest absolute Gasteiger partial charge is 0.496 e. The number of nitrogens with one attached hydrogen (secondary N) is 1. The van der Waals surface area contributed by atoms with Crippen LogP contribution in [0.5, 0.6) is 5.75 Å². The predicted octanol–water partition coefficient (Wildman–Crippen LogP) is 2.53. The topological polar surface area (TPSA) is 56.8 Å². The van der Waals surface area contributed by atoms with Gasteiger partial charge in [0, 0.05) is 30.9 Å². The number of ether oxygens (including phenoxy) is 3. The molecule has 5 heteroatoms. The van der Waals surface area contributed by atoms with E-state index in [1.165, 1.54) is 0 Å². The first-order chi connectivity index (χ1) is 10.7. The molecule has 0 aliphatic carbocycles. The Hall–Kier alpha value is -1.59. The molecule has 1 aromatic rings. The maximum absolute atomic E-state index is 12.2. The van der Waals surface area contributed by atoms with Gasteiger partial charge in [-0.25, -0.2) is 0 Å². The molecule has 1 aliphatic heterocycles. The number of carbonyl (C=O) groups excluding carboxylic acids is 1. The SMILES string of the molecule is CCCOCc1cc(C(=O)NC[C@@H]2CCCO2)ccc1OC. The smallest absolute Gasteiger partial charge is 0.251 e. The highest BCUT2D eigenvalue weighted by molar-refractivity contribution is 5.94. The fourth-order valence-corrected chi connectivity index (χ4v) is 2.47. The predicted molar refractivity (Wildman–Crippen MR) is 84.2 cm³/mol. The van der Waals surface area contributed by atoms with Crippen LogP contribution >= 0.6 is 0 Å². The zero-order valence-corrected chi connectivity index (χ0v) is 13.4. The van der Waals surface area contributed by atoms with Crippen molar-refractivity contribution in [3.05, 3.63) is 29.3 Å². The highest BCUT2D eigenvalue weighted by atomic mass is 16.5. The van der Waals surface area contributed by atoms with E-state index in [0.29, 0.717) is 25.3 Å². The Kier molecular flexibility index (Phi) is 6.68. The molecular weight excluding hydrogens is 282 g/mol. The van der Waals surface area contributed by atoms with Crippen molar-refractivity contribution in [2.45, 2.75) is 38.9 Å². The van der Waals surface area contributed by atoms with Crippen LogP contribution in [0, 0.1) is 0 Å². The van der Waals surface area contributed by atoms with Crippen molar-refractivity contribution in [2.75, 3.05) is 26.9 Å². The Bertz CT molecular complexity index is 484. The normalized spacial score (nSPS) is 17.5. The molecule has 5 nitrogen and oxygen atoms in total. The van der Waals surface area contributed by atoms with Gasteiger partial charge in [-0.2, -0.15) is 0 Å². The summed E-state index contributed by atoms with van der Waals surface area (Å²) in [6.45, 7) is 4.56. The fourth-order valence-electron chi connectivity index (χ4n) is 2.47. The highest BCUT2D eigenvalue weighted by Gasteiger charge is 2.17.